The molecule has 0 heterocycles. The summed E-state index contributed by atoms with van der Waals surface area (Å²) in [5.74, 6) is 0.671. The summed E-state index contributed by atoms with van der Waals surface area (Å²) < 4.78 is 0. The summed E-state index contributed by atoms with van der Waals surface area (Å²) in [6, 6.07) is 2.23. The Labute approximate surface area is 107 Å². The zero-order chi connectivity index (χ0) is 13.3. The molecule has 17 heavy (non-hydrogen) atoms. The van der Waals surface area contributed by atoms with Gasteiger partial charge in [0.2, 0.25) is 0 Å². The number of nitrogens with one attached hydrogen (secondary N) is 1. The molecule has 0 atom stereocenters. The molecule has 0 aromatic rings. The standard InChI is InChI=1S/C14H29N3/c1-13(2)12-17(10-6-8-15)11-7-9-16-14(3,4)5/h13,16H,6-7,9-12H2,1-5H3. The van der Waals surface area contributed by atoms with E-state index in [2.05, 4.69) is 50.9 Å². The number of nitriles is 1. The van der Waals surface area contributed by atoms with Gasteiger partial charge in [0.25, 0.3) is 0 Å². The average molecular weight is 239 g/mol. The molecule has 0 saturated heterocycles. The number of nitrogens with zero attached hydrogens (tertiary/aromatic N) is 2. The molecule has 100 valence electrons. The summed E-state index contributed by atoms with van der Waals surface area (Å²) in [6.07, 6.45) is 1.79. The highest BCUT2D eigenvalue weighted by Gasteiger charge is 2.09. The Morgan fingerprint density at radius 3 is 2.35 bits per heavy atom. The number of hydrogen-bond donors (Lipinski definition) is 1. The van der Waals surface area contributed by atoms with E-state index < -0.39 is 0 Å². The predicted molar refractivity (Wildman–Crippen MR) is 73.9 cm³/mol. The van der Waals surface area contributed by atoms with Crippen molar-refractivity contribution in [2.45, 2.75) is 53.0 Å². The maximum absolute atomic E-state index is 8.64. The van der Waals surface area contributed by atoms with E-state index in [-0.39, 0.29) is 5.54 Å². The maximum atomic E-state index is 8.64. The van der Waals surface area contributed by atoms with Crippen LogP contribution in [0.1, 0.15) is 47.5 Å². The fourth-order valence-electron chi connectivity index (χ4n) is 1.78. The van der Waals surface area contributed by atoms with Crippen molar-refractivity contribution in [2.24, 2.45) is 5.92 Å². The van der Waals surface area contributed by atoms with Gasteiger partial charge in [0, 0.05) is 25.0 Å². The SMILES string of the molecule is CC(C)CN(CCC#N)CCCNC(C)(C)C. The zero-order valence-corrected chi connectivity index (χ0v) is 12.2. The van der Waals surface area contributed by atoms with Crippen molar-refractivity contribution in [3.63, 3.8) is 0 Å². The summed E-state index contributed by atoms with van der Waals surface area (Å²) in [7, 11) is 0. The van der Waals surface area contributed by atoms with Gasteiger partial charge in [-0.1, -0.05) is 13.8 Å². The van der Waals surface area contributed by atoms with Gasteiger partial charge in [0.05, 0.1) is 6.07 Å². The normalized spacial score (nSPS) is 12.1. The minimum Gasteiger partial charge on any atom is -0.312 e. The van der Waals surface area contributed by atoms with E-state index in [0.717, 1.165) is 32.6 Å². The first kappa shape index (κ1) is 16.4. The molecular formula is C14H29N3. The highest BCUT2D eigenvalue weighted by molar-refractivity contribution is 4.74. The first-order valence-electron chi connectivity index (χ1n) is 6.69. The van der Waals surface area contributed by atoms with E-state index in [1.54, 1.807) is 0 Å². The molecule has 0 bridgehead atoms. The first-order valence-corrected chi connectivity index (χ1v) is 6.69. The van der Waals surface area contributed by atoms with Gasteiger partial charge < -0.3 is 10.2 Å². The Morgan fingerprint density at radius 1 is 1.24 bits per heavy atom. The van der Waals surface area contributed by atoms with Crippen molar-refractivity contribution in [1.29, 1.82) is 5.26 Å². The van der Waals surface area contributed by atoms with Crippen LogP contribution in [0.2, 0.25) is 0 Å². The van der Waals surface area contributed by atoms with Crippen LogP contribution in [-0.4, -0.2) is 36.6 Å². The monoisotopic (exact) mass is 239 g/mol. The summed E-state index contributed by atoms with van der Waals surface area (Å²) in [5.41, 5.74) is 0.204. The van der Waals surface area contributed by atoms with Crippen LogP contribution < -0.4 is 5.32 Å². The third-order valence-corrected chi connectivity index (χ3v) is 2.47. The Morgan fingerprint density at radius 2 is 1.88 bits per heavy atom. The topological polar surface area (TPSA) is 39.1 Å². The van der Waals surface area contributed by atoms with E-state index in [0.29, 0.717) is 12.3 Å². The van der Waals surface area contributed by atoms with Crippen LogP contribution in [0.3, 0.4) is 0 Å². The average Bonchev–Trinajstić information content (AvgIpc) is 2.18. The largest absolute Gasteiger partial charge is 0.312 e. The fraction of sp³-hybridized carbons (Fsp3) is 0.929. The molecule has 0 fully saturated rings. The van der Waals surface area contributed by atoms with E-state index >= 15 is 0 Å². The lowest BCUT2D eigenvalue weighted by Crippen LogP contribution is -2.38. The van der Waals surface area contributed by atoms with Crippen LogP contribution in [0.25, 0.3) is 0 Å². The van der Waals surface area contributed by atoms with Crippen LogP contribution >= 0.6 is 0 Å². The van der Waals surface area contributed by atoms with Crippen LogP contribution in [0.5, 0.6) is 0 Å². The Balaban J connectivity index is 3.79. The van der Waals surface area contributed by atoms with Gasteiger partial charge in [-0.3, -0.25) is 0 Å². The third kappa shape index (κ3) is 11.7. The molecule has 1 N–H and O–H groups in total. The van der Waals surface area contributed by atoms with Crippen LogP contribution in [0.4, 0.5) is 0 Å². The van der Waals surface area contributed by atoms with E-state index in [4.69, 9.17) is 5.26 Å². The van der Waals surface area contributed by atoms with Crippen LogP contribution in [-0.2, 0) is 0 Å². The number of rotatable bonds is 8. The maximum Gasteiger partial charge on any atom is 0.0635 e. The molecule has 3 nitrogen and oxygen atoms in total. The molecule has 0 rings (SSSR count). The Kier molecular flexibility index (Phi) is 8.20. The summed E-state index contributed by atoms with van der Waals surface area (Å²) >= 11 is 0. The van der Waals surface area contributed by atoms with Crippen molar-refractivity contribution in [3.05, 3.63) is 0 Å². The second-order valence-electron chi connectivity index (χ2n) is 6.13. The van der Waals surface area contributed by atoms with Crippen LogP contribution in [0, 0.1) is 17.2 Å². The molecule has 0 amide bonds. The second kappa shape index (κ2) is 8.49. The molecule has 0 saturated carbocycles. The van der Waals surface area contributed by atoms with Gasteiger partial charge in [-0.25, -0.2) is 0 Å². The van der Waals surface area contributed by atoms with Gasteiger partial charge in [-0.05, 0) is 46.2 Å². The molecular weight excluding hydrogens is 210 g/mol. The molecule has 0 radical (unpaired) electrons. The van der Waals surface area contributed by atoms with Crippen molar-refractivity contribution in [1.82, 2.24) is 10.2 Å². The smallest absolute Gasteiger partial charge is 0.0635 e. The summed E-state index contributed by atoms with van der Waals surface area (Å²) in [6.45, 7) is 15.2. The predicted octanol–water partition coefficient (Wildman–Crippen LogP) is 2.64. The second-order valence-corrected chi connectivity index (χ2v) is 6.13. The first-order chi connectivity index (χ1) is 7.85. The van der Waals surface area contributed by atoms with E-state index in [9.17, 15) is 0 Å². The van der Waals surface area contributed by atoms with Crippen LogP contribution in [0.15, 0.2) is 0 Å². The Bertz CT molecular complexity index is 223. The van der Waals surface area contributed by atoms with Crippen molar-refractivity contribution in [2.75, 3.05) is 26.2 Å². The molecule has 0 aromatic carbocycles. The summed E-state index contributed by atoms with van der Waals surface area (Å²) in [5, 5.41) is 12.1. The lowest BCUT2D eigenvalue weighted by Gasteiger charge is -2.25. The highest BCUT2D eigenvalue weighted by Crippen LogP contribution is 2.02. The highest BCUT2D eigenvalue weighted by atomic mass is 15.1. The minimum absolute atomic E-state index is 0.204. The zero-order valence-electron chi connectivity index (χ0n) is 12.2. The molecule has 0 aliphatic heterocycles. The minimum atomic E-state index is 0.204. The van der Waals surface area contributed by atoms with Gasteiger partial charge >= 0.3 is 0 Å². The molecule has 0 aromatic heterocycles. The molecule has 3 heteroatoms. The Hall–Kier alpha value is -0.590. The lowest BCUT2D eigenvalue weighted by molar-refractivity contribution is 0.242. The van der Waals surface area contributed by atoms with Gasteiger partial charge in [0.1, 0.15) is 0 Å². The van der Waals surface area contributed by atoms with Gasteiger partial charge in [-0.15, -0.1) is 0 Å². The van der Waals surface area contributed by atoms with Gasteiger partial charge in [0.15, 0.2) is 0 Å². The number of hydrogen-bond acceptors (Lipinski definition) is 3. The van der Waals surface area contributed by atoms with Crippen molar-refractivity contribution in [3.8, 4) is 6.07 Å². The molecule has 0 aliphatic rings. The van der Waals surface area contributed by atoms with E-state index in [1.165, 1.54) is 0 Å². The van der Waals surface area contributed by atoms with Crippen molar-refractivity contribution < 1.29 is 0 Å². The van der Waals surface area contributed by atoms with Crippen molar-refractivity contribution >= 4 is 0 Å². The fourth-order valence-corrected chi connectivity index (χ4v) is 1.78. The quantitative estimate of drug-likeness (QED) is 0.662. The van der Waals surface area contributed by atoms with E-state index in [1.807, 2.05) is 0 Å². The molecule has 0 spiro atoms. The molecule has 0 aliphatic carbocycles. The summed E-state index contributed by atoms with van der Waals surface area (Å²) in [4.78, 5) is 2.40. The molecule has 0 unspecified atom stereocenters. The lowest BCUT2D eigenvalue weighted by atomic mass is 10.1. The van der Waals surface area contributed by atoms with Gasteiger partial charge in [-0.2, -0.15) is 5.26 Å². The third-order valence-electron chi connectivity index (χ3n) is 2.47.